The van der Waals surface area contributed by atoms with Crippen LogP contribution in [0.2, 0.25) is 0 Å². The number of hydrogen-bond acceptors (Lipinski definition) is 4. The third kappa shape index (κ3) is 3.84. The third-order valence-corrected chi connectivity index (χ3v) is 3.48. The molecule has 1 aromatic rings. The summed E-state index contributed by atoms with van der Waals surface area (Å²) in [5, 5.41) is 10.1. The standard InChI is InChI=1S/C14H19FN2O3/c1-20-12-7-10(15)6-11(8-12)16-17-13(18)9-14(19)4-2-3-5-14/h6-8,16,19H,2-5,9H2,1H3,(H,17,18). The zero-order valence-corrected chi connectivity index (χ0v) is 11.4. The van der Waals surface area contributed by atoms with E-state index in [0.717, 1.165) is 12.8 Å². The quantitative estimate of drug-likeness (QED) is 0.722. The molecule has 0 atom stereocenters. The number of hydrazine groups is 1. The number of amides is 1. The van der Waals surface area contributed by atoms with Crippen molar-refractivity contribution in [1.29, 1.82) is 0 Å². The van der Waals surface area contributed by atoms with Crippen LogP contribution in [0.4, 0.5) is 10.1 Å². The van der Waals surface area contributed by atoms with Gasteiger partial charge in [0, 0.05) is 12.1 Å². The highest BCUT2D eigenvalue weighted by Crippen LogP contribution is 2.32. The van der Waals surface area contributed by atoms with Crippen molar-refractivity contribution in [2.24, 2.45) is 0 Å². The largest absolute Gasteiger partial charge is 0.497 e. The fraction of sp³-hybridized carbons (Fsp3) is 0.500. The molecule has 110 valence electrons. The molecule has 1 aliphatic rings. The summed E-state index contributed by atoms with van der Waals surface area (Å²) < 4.78 is 18.2. The van der Waals surface area contributed by atoms with E-state index in [2.05, 4.69) is 10.9 Å². The average molecular weight is 282 g/mol. The second-order valence-electron chi connectivity index (χ2n) is 5.16. The van der Waals surface area contributed by atoms with Crippen LogP contribution in [0.1, 0.15) is 32.1 Å². The molecular formula is C14H19FN2O3. The van der Waals surface area contributed by atoms with E-state index in [1.807, 2.05) is 0 Å². The number of carbonyl (C=O) groups is 1. The van der Waals surface area contributed by atoms with E-state index >= 15 is 0 Å². The Morgan fingerprint density at radius 1 is 1.40 bits per heavy atom. The summed E-state index contributed by atoms with van der Waals surface area (Å²) in [5.41, 5.74) is 4.56. The van der Waals surface area contributed by atoms with E-state index in [-0.39, 0.29) is 12.3 Å². The van der Waals surface area contributed by atoms with E-state index in [1.54, 1.807) is 6.07 Å². The monoisotopic (exact) mass is 282 g/mol. The number of rotatable bonds is 5. The second-order valence-corrected chi connectivity index (χ2v) is 5.16. The summed E-state index contributed by atoms with van der Waals surface area (Å²) in [7, 11) is 1.44. The third-order valence-electron chi connectivity index (χ3n) is 3.48. The highest BCUT2D eigenvalue weighted by molar-refractivity contribution is 5.78. The first-order valence-electron chi connectivity index (χ1n) is 6.63. The molecule has 6 heteroatoms. The lowest BCUT2D eigenvalue weighted by atomic mass is 9.98. The second kappa shape index (κ2) is 6.09. The normalized spacial score (nSPS) is 16.8. The zero-order valence-electron chi connectivity index (χ0n) is 11.4. The fourth-order valence-corrected chi connectivity index (χ4v) is 2.45. The highest BCUT2D eigenvalue weighted by atomic mass is 19.1. The van der Waals surface area contributed by atoms with Gasteiger partial charge in [-0.2, -0.15) is 0 Å². The van der Waals surface area contributed by atoms with Gasteiger partial charge in [-0.1, -0.05) is 12.8 Å². The van der Waals surface area contributed by atoms with Crippen LogP contribution in [0.25, 0.3) is 0 Å². The molecule has 0 spiro atoms. The van der Waals surface area contributed by atoms with Crippen LogP contribution in [-0.2, 0) is 4.79 Å². The number of methoxy groups -OCH3 is 1. The van der Waals surface area contributed by atoms with E-state index in [1.165, 1.54) is 19.2 Å². The highest BCUT2D eigenvalue weighted by Gasteiger charge is 2.33. The van der Waals surface area contributed by atoms with Crippen LogP contribution in [0, 0.1) is 5.82 Å². The number of halogens is 1. The summed E-state index contributed by atoms with van der Waals surface area (Å²) in [4.78, 5) is 11.8. The number of anilines is 1. The molecule has 0 saturated heterocycles. The maximum atomic E-state index is 13.3. The van der Waals surface area contributed by atoms with Gasteiger partial charge in [0.1, 0.15) is 11.6 Å². The van der Waals surface area contributed by atoms with Gasteiger partial charge in [-0.15, -0.1) is 0 Å². The van der Waals surface area contributed by atoms with Gasteiger partial charge in [0.15, 0.2) is 0 Å². The summed E-state index contributed by atoms with van der Waals surface area (Å²) in [6.45, 7) is 0. The molecule has 1 saturated carbocycles. The molecule has 0 radical (unpaired) electrons. The maximum absolute atomic E-state index is 13.3. The SMILES string of the molecule is COc1cc(F)cc(NNC(=O)CC2(O)CCCC2)c1. The molecule has 1 aromatic carbocycles. The van der Waals surface area contributed by atoms with Gasteiger partial charge in [-0.25, -0.2) is 4.39 Å². The molecule has 1 amide bonds. The first kappa shape index (κ1) is 14.6. The number of carbonyl (C=O) groups excluding carboxylic acids is 1. The number of ether oxygens (including phenoxy) is 1. The van der Waals surface area contributed by atoms with Crippen molar-refractivity contribution in [3.05, 3.63) is 24.0 Å². The Morgan fingerprint density at radius 2 is 2.10 bits per heavy atom. The molecule has 20 heavy (non-hydrogen) atoms. The van der Waals surface area contributed by atoms with Crippen LogP contribution in [0.3, 0.4) is 0 Å². The molecule has 0 bridgehead atoms. The minimum Gasteiger partial charge on any atom is -0.497 e. The summed E-state index contributed by atoms with van der Waals surface area (Å²) in [6, 6.07) is 4.05. The van der Waals surface area contributed by atoms with Crippen molar-refractivity contribution < 1.29 is 19.0 Å². The topological polar surface area (TPSA) is 70.6 Å². The molecule has 1 aliphatic carbocycles. The Morgan fingerprint density at radius 3 is 2.75 bits per heavy atom. The van der Waals surface area contributed by atoms with Crippen LogP contribution in [-0.4, -0.2) is 23.7 Å². The summed E-state index contributed by atoms with van der Waals surface area (Å²) >= 11 is 0. The van der Waals surface area contributed by atoms with Crippen LogP contribution >= 0.6 is 0 Å². The smallest absolute Gasteiger partial charge is 0.241 e. The molecule has 0 unspecified atom stereocenters. The molecule has 5 nitrogen and oxygen atoms in total. The van der Waals surface area contributed by atoms with Crippen LogP contribution < -0.4 is 15.6 Å². The molecule has 1 fully saturated rings. The molecule has 2 rings (SSSR count). The van der Waals surface area contributed by atoms with Gasteiger partial charge in [0.2, 0.25) is 5.91 Å². The number of hydrogen-bond donors (Lipinski definition) is 3. The Balaban J connectivity index is 1.88. The Labute approximate surface area is 117 Å². The summed E-state index contributed by atoms with van der Waals surface area (Å²) in [6.07, 6.45) is 3.23. The van der Waals surface area contributed by atoms with Gasteiger partial charge in [0.05, 0.1) is 24.8 Å². The van der Waals surface area contributed by atoms with Gasteiger partial charge in [-0.3, -0.25) is 15.6 Å². The van der Waals surface area contributed by atoms with Crippen molar-refractivity contribution in [3.8, 4) is 5.75 Å². The molecular weight excluding hydrogens is 263 g/mol. The average Bonchev–Trinajstić information content (AvgIpc) is 2.82. The maximum Gasteiger partial charge on any atom is 0.241 e. The van der Waals surface area contributed by atoms with E-state index in [4.69, 9.17) is 4.74 Å². The predicted molar refractivity (Wildman–Crippen MR) is 72.8 cm³/mol. The number of benzene rings is 1. The summed E-state index contributed by atoms with van der Waals surface area (Å²) in [5.74, 6) is -0.427. The first-order valence-corrected chi connectivity index (χ1v) is 6.63. The van der Waals surface area contributed by atoms with Crippen molar-refractivity contribution in [2.75, 3.05) is 12.5 Å². The predicted octanol–water partition coefficient (Wildman–Crippen LogP) is 1.97. The lowest BCUT2D eigenvalue weighted by Crippen LogP contribution is -2.37. The molecule has 0 aliphatic heterocycles. The lowest BCUT2D eigenvalue weighted by Gasteiger charge is -2.21. The van der Waals surface area contributed by atoms with Crippen molar-refractivity contribution in [3.63, 3.8) is 0 Å². The molecule has 0 heterocycles. The Kier molecular flexibility index (Phi) is 4.44. The van der Waals surface area contributed by atoms with Gasteiger partial charge < -0.3 is 9.84 Å². The van der Waals surface area contributed by atoms with Crippen LogP contribution in [0.15, 0.2) is 18.2 Å². The number of nitrogens with one attached hydrogen (secondary N) is 2. The van der Waals surface area contributed by atoms with Crippen molar-refractivity contribution in [1.82, 2.24) is 5.43 Å². The van der Waals surface area contributed by atoms with Gasteiger partial charge in [-0.05, 0) is 18.9 Å². The minimum absolute atomic E-state index is 0.0481. The fourth-order valence-electron chi connectivity index (χ4n) is 2.45. The minimum atomic E-state index is -0.897. The lowest BCUT2D eigenvalue weighted by molar-refractivity contribution is -0.125. The Hall–Kier alpha value is -1.82. The van der Waals surface area contributed by atoms with E-state index in [9.17, 15) is 14.3 Å². The first-order chi connectivity index (χ1) is 9.50. The van der Waals surface area contributed by atoms with Crippen molar-refractivity contribution in [2.45, 2.75) is 37.7 Å². The number of aliphatic hydroxyl groups is 1. The zero-order chi connectivity index (χ0) is 14.6. The Bertz CT molecular complexity index is 487. The van der Waals surface area contributed by atoms with E-state index in [0.29, 0.717) is 24.3 Å². The molecule has 0 aromatic heterocycles. The van der Waals surface area contributed by atoms with Gasteiger partial charge >= 0.3 is 0 Å². The van der Waals surface area contributed by atoms with Gasteiger partial charge in [0.25, 0.3) is 0 Å². The van der Waals surface area contributed by atoms with Crippen LogP contribution in [0.5, 0.6) is 5.75 Å². The molecule has 3 N–H and O–H groups in total. The van der Waals surface area contributed by atoms with Crippen molar-refractivity contribution >= 4 is 11.6 Å². The van der Waals surface area contributed by atoms with E-state index < -0.39 is 11.4 Å².